The number of rotatable bonds is 6. The lowest BCUT2D eigenvalue weighted by molar-refractivity contribution is 0.0885. The molecule has 0 saturated heterocycles. The van der Waals surface area contributed by atoms with Crippen LogP contribution in [0.1, 0.15) is 44.9 Å². The Morgan fingerprint density at radius 2 is 1.81 bits per heavy atom. The summed E-state index contributed by atoms with van der Waals surface area (Å²) in [5, 5.41) is 7.20. The van der Waals surface area contributed by atoms with E-state index in [-0.39, 0.29) is 17.5 Å². The number of halogens is 1. The Labute approximate surface area is 190 Å². The highest BCUT2D eigenvalue weighted by Gasteiger charge is 2.25. The molecule has 4 aromatic rings. The molecule has 8 heteroatoms. The summed E-state index contributed by atoms with van der Waals surface area (Å²) in [6, 6.07) is 13.6. The average Bonchev–Trinajstić information content (AvgIpc) is 3.28. The van der Waals surface area contributed by atoms with E-state index in [9.17, 15) is 9.59 Å². The first-order valence-electron chi connectivity index (χ1n) is 10.1. The number of aromatic amines is 1. The average molecular weight is 448 g/mol. The van der Waals surface area contributed by atoms with E-state index < -0.39 is 12.1 Å². The van der Waals surface area contributed by atoms with Crippen LogP contribution < -0.4 is 10.6 Å². The van der Waals surface area contributed by atoms with Gasteiger partial charge in [0, 0.05) is 29.0 Å². The molecule has 0 bridgehead atoms. The number of carbonyl (C=O) groups is 2. The van der Waals surface area contributed by atoms with Crippen molar-refractivity contribution >= 4 is 34.4 Å². The Hall–Kier alpha value is -3.71. The highest BCUT2D eigenvalue weighted by Crippen LogP contribution is 2.21. The number of benzene rings is 1. The fraction of sp³-hybridized carbons (Fsp3) is 0.167. The van der Waals surface area contributed by atoms with Gasteiger partial charge in [0.2, 0.25) is 0 Å². The van der Waals surface area contributed by atoms with Crippen molar-refractivity contribution in [2.45, 2.75) is 25.9 Å². The summed E-state index contributed by atoms with van der Waals surface area (Å²) in [5.74, 6) is -0.630. The van der Waals surface area contributed by atoms with E-state index in [1.165, 1.54) is 6.07 Å². The van der Waals surface area contributed by atoms with Crippen LogP contribution in [-0.2, 0) is 0 Å². The molecule has 0 aliphatic heterocycles. The van der Waals surface area contributed by atoms with E-state index >= 15 is 0 Å². The van der Waals surface area contributed by atoms with E-state index in [2.05, 4.69) is 25.6 Å². The van der Waals surface area contributed by atoms with E-state index in [0.29, 0.717) is 16.2 Å². The standard InChI is InChI=1S/C24H22ClN5O2/c1-14-13-28-20(12-19(14)25)24(32)30-21(16-6-4-3-5-7-16)15(2)29-23(31)18-9-11-27-22-17(18)8-10-26-22/h3-13,15,21H,1-2H3,(H,26,27)(H,29,31)(H,30,32). The smallest absolute Gasteiger partial charge is 0.270 e. The van der Waals surface area contributed by atoms with Crippen molar-refractivity contribution in [3.63, 3.8) is 0 Å². The fourth-order valence-electron chi connectivity index (χ4n) is 3.52. The predicted molar refractivity (Wildman–Crippen MR) is 124 cm³/mol. The highest BCUT2D eigenvalue weighted by molar-refractivity contribution is 6.31. The second-order valence-electron chi connectivity index (χ2n) is 7.54. The summed E-state index contributed by atoms with van der Waals surface area (Å²) in [6.07, 6.45) is 4.89. The lowest BCUT2D eigenvalue weighted by Crippen LogP contribution is -2.44. The van der Waals surface area contributed by atoms with Gasteiger partial charge in [-0.1, -0.05) is 41.9 Å². The quantitative estimate of drug-likeness (QED) is 0.412. The van der Waals surface area contributed by atoms with E-state index in [0.717, 1.165) is 16.5 Å². The Bertz CT molecular complexity index is 1270. The Morgan fingerprint density at radius 1 is 1.03 bits per heavy atom. The molecule has 0 fully saturated rings. The van der Waals surface area contributed by atoms with Gasteiger partial charge in [-0.25, -0.2) is 4.98 Å². The number of amides is 2. The van der Waals surface area contributed by atoms with E-state index in [1.807, 2.05) is 50.2 Å². The first-order chi connectivity index (χ1) is 15.4. The first kappa shape index (κ1) is 21.5. The fourth-order valence-corrected chi connectivity index (χ4v) is 3.67. The molecular formula is C24H22ClN5O2. The van der Waals surface area contributed by atoms with Gasteiger partial charge in [0.25, 0.3) is 11.8 Å². The van der Waals surface area contributed by atoms with Gasteiger partial charge in [-0.05, 0) is 43.2 Å². The van der Waals surface area contributed by atoms with Crippen LogP contribution in [0, 0.1) is 6.92 Å². The van der Waals surface area contributed by atoms with Gasteiger partial charge >= 0.3 is 0 Å². The maximum absolute atomic E-state index is 13.0. The molecule has 0 saturated carbocycles. The molecule has 3 heterocycles. The SMILES string of the molecule is Cc1cnc(C(=O)NC(c2ccccc2)C(C)NC(=O)c2ccnc3[nH]ccc23)cc1Cl. The second kappa shape index (κ2) is 9.20. The zero-order valence-corrected chi connectivity index (χ0v) is 18.4. The maximum Gasteiger partial charge on any atom is 0.270 e. The third kappa shape index (κ3) is 4.48. The summed E-state index contributed by atoms with van der Waals surface area (Å²) in [6.45, 7) is 3.67. The summed E-state index contributed by atoms with van der Waals surface area (Å²) in [4.78, 5) is 37.4. The third-order valence-corrected chi connectivity index (χ3v) is 5.69. The van der Waals surface area contributed by atoms with Gasteiger partial charge in [-0.3, -0.25) is 14.6 Å². The van der Waals surface area contributed by atoms with Gasteiger partial charge in [0.05, 0.1) is 17.6 Å². The number of aryl methyl sites for hydroxylation is 1. The molecule has 0 radical (unpaired) electrons. The maximum atomic E-state index is 13.0. The van der Waals surface area contributed by atoms with Crippen LogP contribution in [-0.4, -0.2) is 32.8 Å². The van der Waals surface area contributed by atoms with Crippen molar-refractivity contribution in [2.24, 2.45) is 0 Å². The number of carbonyl (C=O) groups excluding carboxylic acids is 2. The first-order valence-corrected chi connectivity index (χ1v) is 10.5. The second-order valence-corrected chi connectivity index (χ2v) is 7.95. The molecule has 0 aliphatic rings. The van der Waals surface area contributed by atoms with E-state index in [4.69, 9.17) is 11.6 Å². The molecule has 32 heavy (non-hydrogen) atoms. The van der Waals surface area contributed by atoms with Crippen LogP contribution in [0.15, 0.2) is 67.1 Å². The normalized spacial score (nSPS) is 12.8. The van der Waals surface area contributed by atoms with Crippen LogP contribution in [0.25, 0.3) is 11.0 Å². The van der Waals surface area contributed by atoms with Gasteiger partial charge in [-0.15, -0.1) is 0 Å². The van der Waals surface area contributed by atoms with Gasteiger partial charge in [0.1, 0.15) is 11.3 Å². The number of nitrogens with one attached hydrogen (secondary N) is 3. The zero-order chi connectivity index (χ0) is 22.7. The molecule has 1 aromatic carbocycles. The minimum Gasteiger partial charge on any atom is -0.347 e. The van der Waals surface area contributed by atoms with Crippen LogP contribution in [0.4, 0.5) is 0 Å². The van der Waals surface area contributed by atoms with Gasteiger partial charge < -0.3 is 15.6 Å². The summed E-state index contributed by atoms with van der Waals surface area (Å²) < 4.78 is 0. The van der Waals surface area contributed by atoms with Crippen molar-refractivity contribution in [1.29, 1.82) is 0 Å². The van der Waals surface area contributed by atoms with Crippen LogP contribution in [0.3, 0.4) is 0 Å². The highest BCUT2D eigenvalue weighted by atomic mass is 35.5. The Balaban J connectivity index is 1.58. The van der Waals surface area contributed by atoms with Crippen LogP contribution in [0.5, 0.6) is 0 Å². The lowest BCUT2D eigenvalue weighted by Gasteiger charge is -2.26. The number of hydrogen-bond acceptors (Lipinski definition) is 4. The largest absolute Gasteiger partial charge is 0.347 e. The summed E-state index contributed by atoms with van der Waals surface area (Å²) in [7, 11) is 0. The monoisotopic (exact) mass is 447 g/mol. The molecule has 162 valence electrons. The van der Waals surface area contributed by atoms with Crippen molar-refractivity contribution in [3.8, 4) is 0 Å². The minimum atomic E-state index is -0.488. The van der Waals surface area contributed by atoms with Crippen molar-refractivity contribution in [3.05, 3.63) is 94.5 Å². The van der Waals surface area contributed by atoms with Crippen molar-refractivity contribution < 1.29 is 9.59 Å². The Kier molecular flexibility index (Phi) is 6.18. The van der Waals surface area contributed by atoms with Gasteiger partial charge in [-0.2, -0.15) is 0 Å². The van der Waals surface area contributed by atoms with Crippen molar-refractivity contribution in [2.75, 3.05) is 0 Å². The summed E-state index contributed by atoms with van der Waals surface area (Å²) >= 11 is 6.16. The van der Waals surface area contributed by atoms with Crippen molar-refractivity contribution in [1.82, 2.24) is 25.6 Å². The lowest BCUT2D eigenvalue weighted by atomic mass is 9.99. The van der Waals surface area contributed by atoms with Gasteiger partial charge in [0.15, 0.2) is 0 Å². The summed E-state index contributed by atoms with van der Waals surface area (Å²) in [5.41, 5.74) is 3.00. The number of nitrogens with zero attached hydrogens (tertiary/aromatic N) is 2. The van der Waals surface area contributed by atoms with E-state index in [1.54, 1.807) is 24.7 Å². The number of aromatic nitrogens is 3. The molecule has 2 unspecified atom stereocenters. The molecular weight excluding hydrogens is 426 g/mol. The molecule has 7 nitrogen and oxygen atoms in total. The molecule has 2 atom stereocenters. The number of hydrogen-bond donors (Lipinski definition) is 3. The molecule has 4 rings (SSSR count). The molecule has 0 aliphatic carbocycles. The molecule has 3 N–H and O–H groups in total. The zero-order valence-electron chi connectivity index (χ0n) is 17.6. The minimum absolute atomic E-state index is 0.211. The number of pyridine rings is 2. The topological polar surface area (TPSA) is 99.8 Å². The molecule has 2 amide bonds. The molecule has 0 spiro atoms. The Morgan fingerprint density at radius 3 is 2.56 bits per heavy atom. The predicted octanol–water partition coefficient (Wildman–Crippen LogP) is 4.21. The van der Waals surface area contributed by atoms with Crippen LogP contribution >= 0.6 is 11.6 Å². The third-order valence-electron chi connectivity index (χ3n) is 5.28. The van der Waals surface area contributed by atoms with Crippen LogP contribution in [0.2, 0.25) is 5.02 Å². The number of fused-ring (bicyclic) bond motifs is 1. The number of H-pyrrole nitrogens is 1. The molecule has 3 aromatic heterocycles.